The molecule has 1 aliphatic heterocycles. The lowest BCUT2D eigenvalue weighted by molar-refractivity contribution is -0.141. The highest BCUT2D eigenvalue weighted by Gasteiger charge is 2.33. The minimum atomic E-state index is -0.388. The molecule has 2 saturated carbocycles. The molecule has 3 aliphatic rings. The minimum Gasteiger partial charge on any atom is -0.460 e. The molecule has 0 aromatic heterocycles. The van der Waals surface area contributed by atoms with E-state index < -0.39 is 0 Å². The van der Waals surface area contributed by atoms with Crippen molar-refractivity contribution in [2.45, 2.75) is 75.7 Å². The van der Waals surface area contributed by atoms with Crippen molar-refractivity contribution >= 4 is 17.7 Å². The van der Waals surface area contributed by atoms with E-state index in [0.717, 1.165) is 50.1 Å². The third-order valence-corrected chi connectivity index (χ3v) is 8.53. The van der Waals surface area contributed by atoms with Crippen LogP contribution in [0.1, 0.15) is 58.3 Å². The van der Waals surface area contributed by atoms with Gasteiger partial charge >= 0.3 is 5.97 Å². The summed E-state index contributed by atoms with van der Waals surface area (Å²) in [6.45, 7) is 5.28. The lowest BCUT2D eigenvalue weighted by Crippen LogP contribution is -2.50. The van der Waals surface area contributed by atoms with Gasteiger partial charge in [0.15, 0.2) is 0 Å². The molecule has 5 nitrogen and oxygen atoms in total. The number of ether oxygens (including phenoxy) is 3. The van der Waals surface area contributed by atoms with Gasteiger partial charge in [0, 0.05) is 30.1 Å². The molecule has 0 N–H and O–H groups in total. The highest BCUT2D eigenvalue weighted by molar-refractivity contribution is 8.00. The molecule has 0 spiro atoms. The van der Waals surface area contributed by atoms with Gasteiger partial charge < -0.3 is 14.2 Å². The molecular weight excluding hydrogens is 434 g/mol. The molecule has 1 saturated heterocycles. The van der Waals surface area contributed by atoms with E-state index in [2.05, 4.69) is 16.7 Å². The standard InChI is InChI=1S/C27H39NO4S/c1-2-30-27(29)25(32-23-8-4-3-5-9-23)20-21-12-14-22(15-13-21)31-18-16-28-17-19-33-26-11-7-6-10-24(26)28/h3-5,8-9,20-22,24,26H,2,6-7,10-19H2,1H3/b25-20-. The summed E-state index contributed by atoms with van der Waals surface area (Å²) >= 11 is 2.19. The second-order valence-corrected chi connectivity index (χ2v) is 10.7. The Hall–Kier alpha value is -1.50. The van der Waals surface area contributed by atoms with Crippen LogP contribution in [0.25, 0.3) is 0 Å². The first-order chi connectivity index (χ1) is 16.2. The van der Waals surface area contributed by atoms with Gasteiger partial charge in [-0.3, -0.25) is 4.90 Å². The number of hydrogen-bond donors (Lipinski definition) is 0. The zero-order chi connectivity index (χ0) is 22.9. The van der Waals surface area contributed by atoms with Crippen LogP contribution in [-0.2, 0) is 14.3 Å². The summed E-state index contributed by atoms with van der Waals surface area (Å²) in [5.74, 6) is 2.16. The third kappa shape index (κ3) is 7.24. The molecule has 2 unspecified atom stereocenters. The van der Waals surface area contributed by atoms with Gasteiger partial charge in [-0.2, -0.15) is 11.8 Å². The van der Waals surface area contributed by atoms with E-state index in [4.69, 9.17) is 14.2 Å². The Morgan fingerprint density at radius 3 is 2.67 bits per heavy atom. The average Bonchev–Trinajstić information content (AvgIpc) is 2.85. The Labute approximate surface area is 203 Å². The predicted molar refractivity (Wildman–Crippen MR) is 134 cm³/mol. The van der Waals surface area contributed by atoms with E-state index in [1.54, 1.807) is 0 Å². The molecule has 6 heteroatoms. The highest BCUT2D eigenvalue weighted by atomic mass is 32.2. The summed E-state index contributed by atoms with van der Waals surface area (Å²) in [5.41, 5.74) is 0. The first-order valence-corrected chi connectivity index (χ1v) is 13.9. The minimum absolute atomic E-state index is 0.303. The molecule has 2 atom stereocenters. The monoisotopic (exact) mass is 473 g/mol. The van der Waals surface area contributed by atoms with Crippen molar-refractivity contribution in [2.75, 3.05) is 32.1 Å². The number of allylic oxidation sites excluding steroid dienone is 1. The van der Waals surface area contributed by atoms with Crippen LogP contribution < -0.4 is 4.74 Å². The van der Waals surface area contributed by atoms with E-state index in [0.29, 0.717) is 30.1 Å². The molecule has 4 rings (SSSR count). The lowest BCUT2D eigenvalue weighted by atomic mass is 9.87. The molecule has 1 aromatic carbocycles. The van der Waals surface area contributed by atoms with Crippen molar-refractivity contribution < 1.29 is 19.0 Å². The quantitative estimate of drug-likeness (QED) is 0.270. The van der Waals surface area contributed by atoms with Crippen molar-refractivity contribution in [2.24, 2.45) is 5.92 Å². The topological polar surface area (TPSA) is 48.0 Å². The van der Waals surface area contributed by atoms with E-state index in [9.17, 15) is 4.79 Å². The Bertz CT molecular complexity index is 761. The SMILES string of the molecule is CCOC(=O)/C(=C/C1CCC(OCCN2CCSC3CCCCC32)CC1)Oc1ccccc1. The second kappa shape index (κ2) is 12.8. The first kappa shape index (κ1) is 24.6. The van der Waals surface area contributed by atoms with Gasteiger partial charge in [-0.1, -0.05) is 31.0 Å². The van der Waals surface area contributed by atoms with Crippen molar-refractivity contribution in [3.05, 3.63) is 42.2 Å². The Morgan fingerprint density at radius 1 is 1.09 bits per heavy atom. The van der Waals surface area contributed by atoms with Crippen LogP contribution >= 0.6 is 11.8 Å². The fraction of sp³-hybridized carbons (Fsp3) is 0.667. The number of rotatable bonds is 9. The van der Waals surface area contributed by atoms with Crippen LogP contribution in [0.4, 0.5) is 0 Å². The Kier molecular flexibility index (Phi) is 9.56. The number of thioether (sulfide) groups is 1. The number of carbonyl (C=O) groups is 1. The number of para-hydroxylation sites is 1. The summed E-state index contributed by atoms with van der Waals surface area (Å²) in [4.78, 5) is 15.1. The van der Waals surface area contributed by atoms with Gasteiger partial charge in [0.25, 0.3) is 0 Å². The van der Waals surface area contributed by atoms with E-state index in [1.807, 2.05) is 43.3 Å². The van der Waals surface area contributed by atoms with Gasteiger partial charge in [-0.25, -0.2) is 4.79 Å². The number of hydrogen-bond acceptors (Lipinski definition) is 6. The lowest BCUT2D eigenvalue weighted by Gasteiger charge is -2.43. The molecular formula is C27H39NO4S. The smallest absolute Gasteiger partial charge is 0.373 e. The van der Waals surface area contributed by atoms with E-state index >= 15 is 0 Å². The summed E-state index contributed by atoms with van der Waals surface area (Å²) in [6, 6.07) is 10.2. The van der Waals surface area contributed by atoms with Gasteiger partial charge in [0.05, 0.1) is 19.3 Å². The van der Waals surface area contributed by atoms with Crippen molar-refractivity contribution in [3.8, 4) is 5.75 Å². The normalized spacial score (nSPS) is 28.7. The van der Waals surface area contributed by atoms with Crippen LogP contribution in [0.3, 0.4) is 0 Å². The molecule has 182 valence electrons. The molecule has 3 fully saturated rings. The fourth-order valence-corrected chi connectivity index (χ4v) is 6.89. The average molecular weight is 474 g/mol. The number of benzene rings is 1. The highest BCUT2D eigenvalue weighted by Crippen LogP contribution is 2.35. The maximum Gasteiger partial charge on any atom is 0.373 e. The maximum absolute atomic E-state index is 12.4. The number of esters is 1. The van der Waals surface area contributed by atoms with Gasteiger partial charge in [0.1, 0.15) is 5.75 Å². The molecule has 1 aromatic rings. The molecule has 0 radical (unpaired) electrons. The largest absolute Gasteiger partial charge is 0.460 e. The number of carbonyl (C=O) groups excluding carboxylic acids is 1. The van der Waals surface area contributed by atoms with Gasteiger partial charge in [-0.05, 0) is 69.6 Å². The van der Waals surface area contributed by atoms with Gasteiger partial charge in [-0.15, -0.1) is 0 Å². The summed E-state index contributed by atoms with van der Waals surface area (Å²) in [5, 5.41) is 0.849. The molecule has 0 bridgehead atoms. The van der Waals surface area contributed by atoms with Crippen LogP contribution in [0.2, 0.25) is 0 Å². The van der Waals surface area contributed by atoms with E-state index in [1.165, 1.54) is 38.0 Å². The zero-order valence-corrected chi connectivity index (χ0v) is 20.8. The van der Waals surface area contributed by atoms with E-state index in [-0.39, 0.29) is 5.97 Å². The second-order valence-electron chi connectivity index (χ2n) is 9.37. The molecule has 0 amide bonds. The fourth-order valence-electron chi connectivity index (χ4n) is 5.39. The molecule has 33 heavy (non-hydrogen) atoms. The number of nitrogens with zero attached hydrogens (tertiary/aromatic N) is 1. The summed E-state index contributed by atoms with van der Waals surface area (Å²) in [6.07, 6.45) is 11.9. The van der Waals surface area contributed by atoms with Crippen molar-refractivity contribution in [3.63, 3.8) is 0 Å². The van der Waals surface area contributed by atoms with Crippen LogP contribution in [0.15, 0.2) is 42.2 Å². The first-order valence-electron chi connectivity index (χ1n) is 12.8. The van der Waals surface area contributed by atoms with Crippen molar-refractivity contribution in [1.82, 2.24) is 4.90 Å². The predicted octanol–water partition coefficient (Wildman–Crippen LogP) is 5.45. The maximum atomic E-state index is 12.4. The molecule has 2 aliphatic carbocycles. The summed E-state index contributed by atoms with van der Waals surface area (Å²) < 4.78 is 17.4. The van der Waals surface area contributed by atoms with Crippen LogP contribution in [0, 0.1) is 5.92 Å². The Balaban J connectivity index is 1.23. The third-order valence-electron chi connectivity index (χ3n) is 7.13. The van der Waals surface area contributed by atoms with Crippen LogP contribution in [-0.4, -0.2) is 60.3 Å². The zero-order valence-electron chi connectivity index (χ0n) is 20.0. The van der Waals surface area contributed by atoms with Crippen molar-refractivity contribution in [1.29, 1.82) is 0 Å². The van der Waals surface area contributed by atoms with Crippen LogP contribution in [0.5, 0.6) is 5.75 Å². The Morgan fingerprint density at radius 2 is 1.88 bits per heavy atom. The number of fused-ring (bicyclic) bond motifs is 1. The van der Waals surface area contributed by atoms with Gasteiger partial charge in [0.2, 0.25) is 5.76 Å². The summed E-state index contributed by atoms with van der Waals surface area (Å²) in [7, 11) is 0. The molecule has 1 heterocycles.